The summed E-state index contributed by atoms with van der Waals surface area (Å²) in [5.41, 5.74) is 0. The van der Waals surface area contributed by atoms with Gasteiger partial charge in [-0.25, -0.2) is 13.1 Å². The second-order valence-corrected chi connectivity index (χ2v) is 10.8. The predicted molar refractivity (Wildman–Crippen MR) is 112 cm³/mol. The third-order valence-electron chi connectivity index (χ3n) is 5.18. The van der Waals surface area contributed by atoms with E-state index in [-0.39, 0.29) is 17.6 Å². The average molecular weight is 464 g/mol. The van der Waals surface area contributed by atoms with Crippen LogP contribution < -0.4 is 4.72 Å². The van der Waals surface area contributed by atoms with E-state index in [1.165, 1.54) is 16.2 Å². The highest BCUT2D eigenvalue weighted by Crippen LogP contribution is 2.23. The van der Waals surface area contributed by atoms with E-state index in [4.69, 9.17) is 16.3 Å². The molecular formula is C18H26ClN3O5S2. The molecule has 2 aliphatic rings. The fourth-order valence-electron chi connectivity index (χ4n) is 3.64. The second kappa shape index (κ2) is 9.74. The normalized spacial score (nSPS) is 21.6. The van der Waals surface area contributed by atoms with Gasteiger partial charge >= 0.3 is 0 Å². The monoisotopic (exact) mass is 463 g/mol. The number of hydrogen-bond acceptors (Lipinski definition) is 6. The first-order valence-electron chi connectivity index (χ1n) is 9.72. The Morgan fingerprint density at radius 2 is 2.07 bits per heavy atom. The molecule has 2 atom stereocenters. The summed E-state index contributed by atoms with van der Waals surface area (Å²) in [4.78, 5) is 29.8. The summed E-state index contributed by atoms with van der Waals surface area (Å²) in [7, 11) is -3.63. The predicted octanol–water partition coefficient (Wildman–Crippen LogP) is 1.10. The maximum atomic E-state index is 12.8. The Morgan fingerprint density at radius 3 is 2.69 bits per heavy atom. The number of sulfonamides is 1. The molecule has 162 valence electrons. The maximum Gasteiger partial charge on any atom is 0.245 e. The van der Waals surface area contributed by atoms with Crippen LogP contribution in [-0.2, 0) is 30.8 Å². The summed E-state index contributed by atoms with van der Waals surface area (Å²) in [6.45, 7) is 4.24. The third-order valence-corrected chi connectivity index (χ3v) is 7.85. The Labute approximate surface area is 180 Å². The van der Waals surface area contributed by atoms with Gasteiger partial charge in [-0.1, -0.05) is 18.5 Å². The zero-order chi connectivity index (χ0) is 21.0. The number of ether oxygens (including phenoxy) is 1. The van der Waals surface area contributed by atoms with Gasteiger partial charge in [0.2, 0.25) is 21.8 Å². The van der Waals surface area contributed by atoms with Crippen LogP contribution in [0.2, 0.25) is 4.34 Å². The van der Waals surface area contributed by atoms with Gasteiger partial charge in [-0.3, -0.25) is 9.59 Å². The van der Waals surface area contributed by atoms with Crippen LogP contribution in [0.3, 0.4) is 0 Å². The summed E-state index contributed by atoms with van der Waals surface area (Å²) < 4.78 is 33.3. The lowest BCUT2D eigenvalue weighted by atomic mass is 10.1. The van der Waals surface area contributed by atoms with E-state index in [0.717, 1.165) is 4.88 Å². The van der Waals surface area contributed by atoms with Crippen molar-refractivity contribution in [3.8, 4) is 0 Å². The third kappa shape index (κ3) is 5.69. The fraction of sp³-hybridized carbons (Fsp3) is 0.667. The van der Waals surface area contributed by atoms with Gasteiger partial charge in [-0.2, -0.15) is 0 Å². The van der Waals surface area contributed by atoms with Crippen molar-refractivity contribution < 1.29 is 22.7 Å². The first-order valence-corrected chi connectivity index (χ1v) is 12.6. The molecule has 3 rings (SSSR count). The number of nitrogens with one attached hydrogen (secondary N) is 1. The van der Waals surface area contributed by atoms with Crippen LogP contribution in [0.5, 0.6) is 0 Å². The maximum absolute atomic E-state index is 12.8. The highest BCUT2D eigenvalue weighted by molar-refractivity contribution is 7.89. The van der Waals surface area contributed by atoms with Crippen LogP contribution in [0.4, 0.5) is 0 Å². The van der Waals surface area contributed by atoms with E-state index in [2.05, 4.69) is 4.72 Å². The molecule has 0 radical (unpaired) electrons. The van der Waals surface area contributed by atoms with Crippen LogP contribution in [-0.4, -0.2) is 80.7 Å². The zero-order valence-electron chi connectivity index (χ0n) is 16.3. The van der Waals surface area contributed by atoms with E-state index in [1.54, 1.807) is 17.0 Å². The molecule has 2 saturated heterocycles. The van der Waals surface area contributed by atoms with Gasteiger partial charge in [0.1, 0.15) is 12.1 Å². The molecule has 29 heavy (non-hydrogen) atoms. The summed E-state index contributed by atoms with van der Waals surface area (Å²) in [6, 6.07) is 2.14. The molecule has 0 bridgehead atoms. The number of nitrogens with zero attached hydrogens (tertiary/aromatic N) is 2. The van der Waals surface area contributed by atoms with Gasteiger partial charge in [-0.05, 0) is 31.4 Å². The number of aryl methyl sites for hydroxylation is 1. The number of likely N-dealkylation sites (tertiary alicyclic amines) is 1. The Hall–Kier alpha value is -1.20. The van der Waals surface area contributed by atoms with E-state index in [9.17, 15) is 18.0 Å². The molecule has 8 nitrogen and oxygen atoms in total. The van der Waals surface area contributed by atoms with Crippen LogP contribution in [0.15, 0.2) is 12.1 Å². The van der Waals surface area contributed by atoms with Crippen molar-refractivity contribution >= 4 is 44.8 Å². The molecule has 2 amide bonds. The van der Waals surface area contributed by atoms with Crippen LogP contribution >= 0.6 is 22.9 Å². The Morgan fingerprint density at radius 1 is 1.34 bits per heavy atom. The van der Waals surface area contributed by atoms with Crippen LogP contribution in [0, 0.1) is 0 Å². The van der Waals surface area contributed by atoms with Crippen molar-refractivity contribution in [2.24, 2.45) is 0 Å². The van der Waals surface area contributed by atoms with Gasteiger partial charge in [0.25, 0.3) is 0 Å². The topological polar surface area (TPSA) is 96.0 Å². The summed E-state index contributed by atoms with van der Waals surface area (Å²) >= 11 is 7.22. The quantitative estimate of drug-likeness (QED) is 0.622. The van der Waals surface area contributed by atoms with Crippen LogP contribution in [0.25, 0.3) is 0 Å². The van der Waals surface area contributed by atoms with Gasteiger partial charge in [-0.15, -0.1) is 11.3 Å². The Balaban J connectivity index is 1.58. The SMILES string of the molecule is CC[C@@H](C(=O)N1CCOCC1)N1CCC(NS(=O)(=O)CCc2ccc(Cl)s2)C1=O. The number of carbonyl (C=O) groups excluding carboxylic acids is 2. The molecule has 3 heterocycles. The zero-order valence-corrected chi connectivity index (χ0v) is 18.7. The first-order chi connectivity index (χ1) is 13.8. The summed E-state index contributed by atoms with van der Waals surface area (Å²) in [5, 5.41) is 0. The molecule has 2 aliphatic heterocycles. The average Bonchev–Trinajstić information content (AvgIpc) is 3.28. The highest BCUT2D eigenvalue weighted by Gasteiger charge is 2.41. The summed E-state index contributed by atoms with van der Waals surface area (Å²) in [6.07, 6.45) is 1.18. The van der Waals surface area contributed by atoms with E-state index in [1.807, 2.05) is 6.92 Å². The van der Waals surface area contributed by atoms with Crippen LogP contribution in [0.1, 0.15) is 24.6 Å². The van der Waals surface area contributed by atoms with Crippen molar-refractivity contribution in [1.29, 1.82) is 0 Å². The lowest BCUT2D eigenvalue weighted by molar-refractivity contribution is -0.146. The molecular weight excluding hydrogens is 438 g/mol. The number of rotatable bonds is 8. The number of morpholine rings is 1. The molecule has 1 aromatic heterocycles. The minimum Gasteiger partial charge on any atom is -0.378 e. The fourth-order valence-corrected chi connectivity index (χ4v) is 6.12. The molecule has 1 N–H and O–H groups in total. The van der Waals surface area contributed by atoms with Gasteiger partial charge < -0.3 is 14.5 Å². The minimum atomic E-state index is -3.63. The summed E-state index contributed by atoms with van der Waals surface area (Å²) in [5.74, 6) is -0.541. The number of hydrogen-bond donors (Lipinski definition) is 1. The number of halogens is 1. The van der Waals surface area contributed by atoms with Gasteiger partial charge in [0.15, 0.2) is 0 Å². The van der Waals surface area contributed by atoms with E-state index in [0.29, 0.717) is 56.4 Å². The molecule has 1 aromatic rings. The standard InChI is InChI=1S/C18H26ClN3O5S2/c1-2-15(18(24)21-8-10-27-11-9-21)22-7-5-14(17(22)23)20-29(25,26)12-6-13-3-4-16(19)28-13/h3-4,14-15,20H,2,5-12H2,1H3/t14?,15-/m0/s1. The van der Waals surface area contributed by atoms with Crippen molar-refractivity contribution in [3.05, 3.63) is 21.3 Å². The lowest BCUT2D eigenvalue weighted by Crippen LogP contribution is -2.53. The van der Waals surface area contributed by atoms with Gasteiger partial charge in [0.05, 0.1) is 23.3 Å². The molecule has 11 heteroatoms. The molecule has 0 aromatic carbocycles. The Bertz CT molecular complexity index is 838. The number of thiophene rings is 1. The molecule has 0 spiro atoms. The number of carbonyl (C=O) groups is 2. The largest absolute Gasteiger partial charge is 0.378 e. The van der Waals surface area contributed by atoms with Crippen molar-refractivity contribution in [2.75, 3.05) is 38.6 Å². The smallest absolute Gasteiger partial charge is 0.245 e. The highest BCUT2D eigenvalue weighted by atomic mass is 35.5. The van der Waals surface area contributed by atoms with Gasteiger partial charge in [0, 0.05) is 24.5 Å². The van der Waals surface area contributed by atoms with Crippen molar-refractivity contribution in [3.63, 3.8) is 0 Å². The number of amides is 2. The lowest BCUT2D eigenvalue weighted by Gasteiger charge is -2.34. The van der Waals surface area contributed by atoms with E-state index >= 15 is 0 Å². The Kier molecular flexibility index (Phi) is 7.55. The van der Waals surface area contributed by atoms with Crippen molar-refractivity contribution in [2.45, 2.75) is 38.3 Å². The molecule has 2 fully saturated rings. The molecule has 0 saturated carbocycles. The molecule has 1 unspecified atom stereocenters. The molecule has 0 aliphatic carbocycles. The van der Waals surface area contributed by atoms with E-state index < -0.39 is 22.1 Å². The van der Waals surface area contributed by atoms with Crippen molar-refractivity contribution in [1.82, 2.24) is 14.5 Å². The first kappa shape index (κ1) is 22.5. The second-order valence-electron chi connectivity index (χ2n) is 7.13. The minimum absolute atomic E-state index is 0.0952.